The molecule has 25 heavy (non-hydrogen) atoms. The van der Waals surface area contributed by atoms with E-state index in [-0.39, 0.29) is 0 Å². The van der Waals surface area contributed by atoms with Gasteiger partial charge in [-0.15, -0.1) is 0 Å². The van der Waals surface area contributed by atoms with E-state index in [1.165, 1.54) is 38.5 Å². The summed E-state index contributed by atoms with van der Waals surface area (Å²) in [6, 6.07) is 0. The van der Waals surface area contributed by atoms with Gasteiger partial charge in [0.25, 0.3) is 0 Å². The lowest BCUT2D eigenvalue weighted by Crippen LogP contribution is -2.42. The highest BCUT2D eigenvalue weighted by molar-refractivity contribution is 4.98. The Morgan fingerprint density at radius 1 is 0.480 bits per heavy atom. The molecule has 0 nitrogen and oxygen atoms in total. The fourth-order valence-corrected chi connectivity index (χ4v) is 7.16. The van der Waals surface area contributed by atoms with E-state index in [1.807, 2.05) is 0 Å². The van der Waals surface area contributed by atoms with Gasteiger partial charge in [0.2, 0.25) is 0 Å². The summed E-state index contributed by atoms with van der Waals surface area (Å²) in [5, 5.41) is 0. The van der Waals surface area contributed by atoms with Crippen LogP contribution in [0.2, 0.25) is 0 Å². The van der Waals surface area contributed by atoms with Crippen molar-refractivity contribution in [3.05, 3.63) is 0 Å². The van der Waals surface area contributed by atoms with Gasteiger partial charge < -0.3 is 0 Å². The summed E-state index contributed by atoms with van der Waals surface area (Å²) in [7, 11) is 0. The van der Waals surface area contributed by atoms with Crippen LogP contribution in [-0.4, -0.2) is 0 Å². The molecule has 146 valence electrons. The second-order valence-corrected chi connectivity index (χ2v) is 12.8. The number of fused-ring (bicyclic) bond motifs is 1. The van der Waals surface area contributed by atoms with Crippen LogP contribution in [0.1, 0.15) is 100 Å². The Balaban J connectivity index is 1.83. The van der Waals surface area contributed by atoms with Crippen molar-refractivity contribution in [2.24, 2.45) is 58.2 Å². The van der Waals surface area contributed by atoms with Gasteiger partial charge in [-0.1, -0.05) is 55.4 Å². The minimum atomic E-state index is 0.477. The quantitative estimate of drug-likeness (QED) is 0.454. The summed E-state index contributed by atoms with van der Waals surface area (Å²) in [6.07, 6.45) is 10.6. The molecule has 3 aliphatic rings. The molecule has 3 rings (SSSR count). The molecule has 0 heteroatoms. The summed E-state index contributed by atoms with van der Waals surface area (Å²) >= 11 is 0. The monoisotopic (exact) mass is 346 g/mol. The minimum absolute atomic E-state index is 0.477. The van der Waals surface area contributed by atoms with Gasteiger partial charge in [-0.3, -0.25) is 0 Å². The third kappa shape index (κ3) is 4.30. The molecule has 0 radical (unpaired) electrons. The number of hydrogen-bond donors (Lipinski definition) is 0. The zero-order valence-corrected chi connectivity index (χ0v) is 18.6. The van der Waals surface area contributed by atoms with E-state index >= 15 is 0 Å². The molecular formula is C25H46. The highest BCUT2D eigenvalue weighted by Crippen LogP contribution is 2.57. The van der Waals surface area contributed by atoms with Crippen molar-refractivity contribution >= 4 is 0 Å². The molecule has 3 aliphatic carbocycles. The van der Waals surface area contributed by atoms with Crippen molar-refractivity contribution in [3.8, 4) is 0 Å². The third-order valence-electron chi connectivity index (χ3n) is 8.71. The molecule has 3 saturated carbocycles. The molecule has 0 N–H and O–H groups in total. The standard InChI is InChI=1S/C25H46/c1-16-9-18-10-17(2)12-23(22(18)11-16)19-13-20(24(3,4)5)15-21(14-19)25(6,7)8/h16-23H,9-15H2,1-8H3. The molecule has 7 unspecified atom stereocenters. The van der Waals surface area contributed by atoms with Crippen LogP contribution < -0.4 is 0 Å². The minimum Gasteiger partial charge on any atom is -0.0625 e. The van der Waals surface area contributed by atoms with Crippen LogP contribution in [0, 0.1) is 58.2 Å². The summed E-state index contributed by atoms with van der Waals surface area (Å²) in [5.74, 6) is 7.97. The highest BCUT2D eigenvalue weighted by atomic mass is 14.5. The van der Waals surface area contributed by atoms with Crippen LogP contribution in [0.15, 0.2) is 0 Å². The van der Waals surface area contributed by atoms with Gasteiger partial charge in [0.05, 0.1) is 0 Å². The van der Waals surface area contributed by atoms with E-state index in [1.54, 1.807) is 6.42 Å². The van der Waals surface area contributed by atoms with Gasteiger partial charge in [-0.2, -0.15) is 0 Å². The lowest BCUT2D eigenvalue weighted by Gasteiger charge is -2.51. The van der Waals surface area contributed by atoms with Crippen molar-refractivity contribution in [1.82, 2.24) is 0 Å². The highest BCUT2D eigenvalue weighted by Gasteiger charge is 2.48. The van der Waals surface area contributed by atoms with Crippen LogP contribution in [0.5, 0.6) is 0 Å². The Hall–Kier alpha value is 0. The van der Waals surface area contributed by atoms with Crippen LogP contribution >= 0.6 is 0 Å². The van der Waals surface area contributed by atoms with Crippen molar-refractivity contribution in [1.29, 1.82) is 0 Å². The Morgan fingerprint density at radius 3 is 1.20 bits per heavy atom. The average molecular weight is 347 g/mol. The third-order valence-corrected chi connectivity index (χ3v) is 8.71. The SMILES string of the molecule is CC1CC2CC(C)CC(C3CC(C(C)(C)C)CC(C(C)(C)C)C3)C2C1. The van der Waals surface area contributed by atoms with Gasteiger partial charge in [0, 0.05) is 0 Å². The maximum atomic E-state index is 2.55. The van der Waals surface area contributed by atoms with E-state index in [4.69, 9.17) is 0 Å². The molecule has 0 aliphatic heterocycles. The topological polar surface area (TPSA) is 0 Å². The van der Waals surface area contributed by atoms with E-state index in [0.717, 1.165) is 47.3 Å². The first-order chi connectivity index (χ1) is 11.4. The van der Waals surface area contributed by atoms with Crippen LogP contribution in [0.3, 0.4) is 0 Å². The summed E-state index contributed by atoms with van der Waals surface area (Å²) in [4.78, 5) is 0. The Labute approximate surface area is 158 Å². The molecule has 0 amide bonds. The Morgan fingerprint density at radius 2 is 0.840 bits per heavy atom. The normalized spacial score (nSPS) is 46.1. The van der Waals surface area contributed by atoms with Crippen LogP contribution in [-0.2, 0) is 0 Å². The first-order valence-electron chi connectivity index (χ1n) is 11.4. The van der Waals surface area contributed by atoms with Crippen molar-refractivity contribution in [3.63, 3.8) is 0 Å². The van der Waals surface area contributed by atoms with E-state index in [9.17, 15) is 0 Å². The van der Waals surface area contributed by atoms with Crippen molar-refractivity contribution in [2.45, 2.75) is 100 Å². The average Bonchev–Trinajstić information content (AvgIpc) is 2.84. The predicted molar refractivity (Wildman–Crippen MR) is 110 cm³/mol. The molecule has 7 atom stereocenters. The zero-order valence-electron chi connectivity index (χ0n) is 18.6. The Bertz CT molecular complexity index is 426. The predicted octanol–water partition coefficient (Wildman–Crippen LogP) is 7.82. The molecule has 0 heterocycles. The molecule has 0 aromatic heterocycles. The molecule has 0 aromatic carbocycles. The second-order valence-electron chi connectivity index (χ2n) is 12.8. The lowest BCUT2D eigenvalue weighted by molar-refractivity contribution is -0.00905. The summed E-state index contributed by atoms with van der Waals surface area (Å²) < 4.78 is 0. The van der Waals surface area contributed by atoms with Gasteiger partial charge >= 0.3 is 0 Å². The first-order valence-corrected chi connectivity index (χ1v) is 11.4. The lowest BCUT2D eigenvalue weighted by atomic mass is 9.55. The second kappa shape index (κ2) is 6.87. The zero-order chi connectivity index (χ0) is 18.6. The maximum absolute atomic E-state index is 2.55. The van der Waals surface area contributed by atoms with Crippen LogP contribution in [0.25, 0.3) is 0 Å². The number of hydrogen-bond acceptors (Lipinski definition) is 0. The van der Waals surface area contributed by atoms with Crippen LogP contribution in [0.4, 0.5) is 0 Å². The molecule has 0 spiro atoms. The molecule has 0 bridgehead atoms. The number of rotatable bonds is 1. The summed E-state index contributed by atoms with van der Waals surface area (Å²) in [6.45, 7) is 20.1. The maximum Gasteiger partial charge on any atom is -0.0352 e. The van der Waals surface area contributed by atoms with E-state index < -0.39 is 0 Å². The van der Waals surface area contributed by atoms with Gasteiger partial charge in [-0.25, -0.2) is 0 Å². The van der Waals surface area contributed by atoms with Gasteiger partial charge in [0.1, 0.15) is 0 Å². The van der Waals surface area contributed by atoms with E-state index in [2.05, 4.69) is 55.4 Å². The fraction of sp³-hybridized carbons (Fsp3) is 1.00. The fourth-order valence-electron chi connectivity index (χ4n) is 7.16. The van der Waals surface area contributed by atoms with E-state index in [0.29, 0.717) is 10.8 Å². The molecule has 0 aromatic rings. The van der Waals surface area contributed by atoms with Gasteiger partial charge in [-0.05, 0) is 103 Å². The smallest absolute Gasteiger partial charge is 0.0352 e. The largest absolute Gasteiger partial charge is 0.0625 e. The van der Waals surface area contributed by atoms with Gasteiger partial charge in [0.15, 0.2) is 0 Å². The molecule has 0 saturated heterocycles. The van der Waals surface area contributed by atoms with Crippen molar-refractivity contribution in [2.75, 3.05) is 0 Å². The van der Waals surface area contributed by atoms with Crippen molar-refractivity contribution < 1.29 is 0 Å². The first kappa shape index (κ1) is 19.8. The molecular weight excluding hydrogens is 300 g/mol. The Kier molecular flexibility index (Phi) is 5.43. The summed E-state index contributed by atoms with van der Waals surface area (Å²) in [5.41, 5.74) is 0.954. The molecule has 3 fully saturated rings.